The summed E-state index contributed by atoms with van der Waals surface area (Å²) < 4.78 is 0. The largest absolute Gasteiger partial charge is 0.334 e. The quantitative estimate of drug-likeness (QED) is 0.450. The Hall–Kier alpha value is -0.840. The molecule has 1 saturated heterocycles. The molecule has 0 atom stereocenters. The van der Waals surface area contributed by atoms with Crippen molar-refractivity contribution in [1.29, 1.82) is 0 Å². The maximum Gasteiger partial charge on any atom is 0.322 e. The molecule has 0 aliphatic carbocycles. The highest BCUT2D eigenvalue weighted by Gasteiger charge is 2.13. The molecule has 1 aliphatic rings. The molecular formula is C4H7N3OS. The van der Waals surface area contributed by atoms with Gasteiger partial charge in [-0.25, -0.2) is 4.79 Å². The van der Waals surface area contributed by atoms with E-state index in [0.717, 1.165) is 0 Å². The van der Waals surface area contributed by atoms with Gasteiger partial charge < -0.3 is 10.2 Å². The van der Waals surface area contributed by atoms with Gasteiger partial charge in [0.05, 0.1) is 6.67 Å². The van der Waals surface area contributed by atoms with Crippen molar-refractivity contribution in [3.63, 3.8) is 0 Å². The fourth-order valence-corrected chi connectivity index (χ4v) is 0.656. The van der Waals surface area contributed by atoms with Crippen LogP contribution in [0.5, 0.6) is 0 Å². The monoisotopic (exact) mass is 145 g/mol. The van der Waals surface area contributed by atoms with E-state index in [9.17, 15) is 4.79 Å². The van der Waals surface area contributed by atoms with Gasteiger partial charge in [0.25, 0.3) is 0 Å². The van der Waals surface area contributed by atoms with E-state index in [1.807, 2.05) is 0 Å². The molecule has 0 saturated carbocycles. The lowest BCUT2D eigenvalue weighted by Gasteiger charge is -2.25. The van der Waals surface area contributed by atoms with Crippen molar-refractivity contribution >= 4 is 23.4 Å². The molecule has 0 spiro atoms. The number of nitrogens with one attached hydrogen (secondary N) is 2. The molecule has 0 aromatic carbocycles. The Morgan fingerprint density at radius 1 is 1.78 bits per heavy atom. The zero-order valence-corrected chi connectivity index (χ0v) is 5.79. The summed E-state index contributed by atoms with van der Waals surface area (Å²) in [6.07, 6.45) is 0. The molecule has 0 bridgehead atoms. The van der Waals surface area contributed by atoms with Crippen LogP contribution in [-0.2, 0) is 0 Å². The van der Waals surface area contributed by atoms with E-state index in [1.54, 1.807) is 11.9 Å². The highest BCUT2D eigenvalue weighted by molar-refractivity contribution is 7.80. The molecule has 0 radical (unpaired) electrons. The first kappa shape index (κ1) is 6.28. The van der Waals surface area contributed by atoms with Crippen LogP contribution in [0.4, 0.5) is 4.79 Å². The van der Waals surface area contributed by atoms with Crippen molar-refractivity contribution in [2.45, 2.75) is 0 Å². The number of rotatable bonds is 0. The van der Waals surface area contributed by atoms with Gasteiger partial charge in [-0.2, -0.15) is 0 Å². The van der Waals surface area contributed by atoms with E-state index in [1.165, 1.54) is 0 Å². The summed E-state index contributed by atoms with van der Waals surface area (Å²) in [5.41, 5.74) is 0. The molecule has 0 aromatic rings. The van der Waals surface area contributed by atoms with Crippen LogP contribution in [0.25, 0.3) is 0 Å². The SMILES string of the molecule is CN1CNC(=O)NC1=S. The van der Waals surface area contributed by atoms with Gasteiger partial charge in [0, 0.05) is 7.05 Å². The number of nitrogens with zero attached hydrogens (tertiary/aromatic N) is 1. The van der Waals surface area contributed by atoms with Crippen LogP contribution in [0.2, 0.25) is 0 Å². The summed E-state index contributed by atoms with van der Waals surface area (Å²) in [7, 11) is 1.80. The smallest absolute Gasteiger partial charge is 0.322 e. The zero-order valence-electron chi connectivity index (χ0n) is 4.97. The number of carbonyl (C=O) groups is 1. The summed E-state index contributed by atoms with van der Waals surface area (Å²) >= 11 is 4.76. The summed E-state index contributed by atoms with van der Waals surface area (Å²) in [4.78, 5) is 12.2. The van der Waals surface area contributed by atoms with E-state index >= 15 is 0 Å². The topological polar surface area (TPSA) is 44.4 Å². The molecule has 0 unspecified atom stereocenters. The number of carbonyl (C=O) groups excluding carboxylic acids is 1. The van der Waals surface area contributed by atoms with Gasteiger partial charge in [-0.1, -0.05) is 0 Å². The van der Waals surface area contributed by atoms with E-state index in [-0.39, 0.29) is 6.03 Å². The van der Waals surface area contributed by atoms with E-state index in [2.05, 4.69) is 10.6 Å². The number of urea groups is 1. The molecule has 1 aliphatic heterocycles. The van der Waals surface area contributed by atoms with Gasteiger partial charge in [-0.15, -0.1) is 0 Å². The third kappa shape index (κ3) is 1.29. The first-order valence-corrected chi connectivity index (χ1v) is 2.91. The molecule has 4 nitrogen and oxygen atoms in total. The van der Waals surface area contributed by atoms with Gasteiger partial charge in [0.2, 0.25) is 0 Å². The molecule has 1 rings (SSSR count). The summed E-state index contributed by atoms with van der Waals surface area (Å²) in [6.45, 7) is 0.491. The van der Waals surface area contributed by atoms with Crippen molar-refractivity contribution < 1.29 is 4.79 Å². The Morgan fingerprint density at radius 2 is 2.44 bits per heavy atom. The average molecular weight is 145 g/mol. The van der Waals surface area contributed by atoms with Crippen LogP contribution in [-0.4, -0.2) is 29.8 Å². The second-order valence-corrected chi connectivity index (χ2v) is 2.18. The van der Waals surface area contributed by atoms with E-state index in [4.69, 9.17) is 12.2 Å². The lowest BCUT2D eigenvalue weighted by atomic mass is 10.7. The predicted molar refractivity (Wildman–Crippen MR) is 36.9 cm³/mol. The fourth-order valence-electron chi connectivity index (χ4n) is 0.499. The highest BCUT2D eigenvalue weighted by Crippen LogP contribution is 1.86. The van der Waals surface area contributed by atoms with Crippen LogP contribution in [0.15, 0.2) is 0 Å². The summed E-state index contributed by atoms with van der Waals surface area (Å²) in [5.74, 6) is 0. The standard InChI is InChI=1S/C4H7N3OS/c1-7-2-5-3(8)6-4(7)9/h2H2,1H3,(H2,5,6,8,9). The summed E-state index contributed by atoms with van der Waals surface area (Å²) in [6, 6.07) is -0.224. The first-order valence-electron chi connectivity index (χ1n) is 2.50. The average Bonchev–Trinajstić information content (AvgIpc) is 1.80. The van der Waals surface area contributed by atoms with Crippen molar-refractivity contribution in [3.8, 4) is 0 Å². The zero-order chi connectivity index (χ0) is 6.85. The van der Waals surface area contributed by atoms with Gasteiger partial charge in [-0.05, 0) is 12.2 Å². The second-order valence-electron chi connectivity index (χ2n) is 1.79. The molecule has 50 valence electrons. The molecule has 0 aromatic heterocycles. The maximum absolute atomic E-state index is 10.5. The third-order valence-electron chi connectivity index (χ3n) is 1.04. The molecular weight excluding hydrogens is 138 g/mol. The second kappa shape index (κ2) is 2.18. The number of thiocarbonyl (C=S) groups is 1. The fraction of sp³-hybridized carbons (Fsp3) is 0.500. The van der Waals surface area contributed by atoms with Gasteiger partial charge in [-0.3, -0.25) is 5.32 Å². The lowest BCUT2D eigenvalue weighted by Crippen LogP contribution is -2.55. The van der Waals surface area contributed by atoms with Crippen molar-refractivity contribution in [3.05, 3.63) is 0 Å². The Morgan fingerprint density at radius 3 is 2.89 bits per heavy atom. The Labute approximate surface area is 58.2 Å². The van der Waals surface area contributed by atoms with Gasteiger partial charge >= 0.3 is 6.03 Å². The lowest BCUT2D eigenvalue weighted by molar-refractivity contribution is 0.235. The third-order valence-corrected chi connectivity index (χ3v) is 1.46. The number of amides is 2. The molecule has 1 fully saturated rings. The van der Waals surface area contributed by atoms with Crippen molar-refractivity contribution in [2.24, 2.45) is 0 Å². The molecule has 5 heteroatoms. The highest BCUT2D eigenvalue weighted by atomic mass is 32.1. The van der Waals surface area contributed by atoms with E-state index < -0.39 is 0 Å². The Balaban J connectivity index is 2.54. The van der Waals surface area contributed by atoms with Crippen LogP contribution in [0.1, 0.15) is 0 Å². The Bertz CT molecular complexity index is 158. The van der Waals surface area contributed by atoms with Crippen molar-refractivity contribution in [2.75, 3.05) is 13.7 Å². The minimum Gasteiger partial charge on any atom is -0.334 e. The molecule has 2 amide bonds. The maximum atomic E-state index is 10.5. The minimum absolute atomic E-state index is 0.224. The first-order chi connectivity index (χ1) is 4.20. The number of hydrogen-bond acceptors (Lipinski definition) is 2. The number of hydrogen-bond donors (Lipinski definition) is 2. The van der Waals surface area contributed by atoms with Crippen LogP contribution < -0.4 is 10.6 Å². The van der Waals surface area contributed by atoms with Crippen LogP contribution in [0, 0.1) is 0 Å². The minimum atomic E-state index is -0.224. The molecule has 2 N–H and O–H groups in total. The van der Waals surface area contributed by atoms with Crippen LogP contribution >= 0.6 is 12.2 Å². The van der Waals surface area contributed by atoms with E-state index in [0.29, 0.717) is 11.8 Å². The van der Waals surface area contributed by atoms with Crippen molar-refractivity contribution in [1.82, 2.24) is 15.5 Å². The predicted octanol–water partition coefficient (Wildman–Crippen LogP) is -0.527. The van der Waals surface area contributed by atoms with Gasteiger partial charge in [0.15, 0.2) is 5.11 Å². The summed E-state index contributed by atoms with van der Waals surface area (Å²) in [5, 5.41) is 5.46. The Kier molecular flexibility index (Phi) is 1.52. The normalized spacial score (nSPS) is 19.0. The molecule has 1 heterocycles. The molecule has 9 heavy (non-hydrogen) atoms. The van der Waals surface area contributed by atoms with Crippen LogP contribution in [0.3, 0.4) is 0 Å². The van der Waals surface area contributed by atoms with Gasteiger partial charge in [0.1, 0.15) is 0 Å².